The van der Waals surface area contributed by atoms with E-state index in [-0.39, 0.29) is 5.92 Å². The van der Waals surface area contributed by atoms with Crippen LogP contribution in [0.25, 0.3) is 10.8 Å². The molecule has 0 aliphatic heterocycles. The Morgan fingerprint density at radius 3 is 2.24 bits per heavy atom. The number of amides is 3. The third kappa shape index (κ3) is 7.13. The molecule has 0 heterocycles. The molecule has 0 aliphatic carbocycles. The van der Waals surface area contributed by atoms with Gasteiger partial charge < -0.3 is 15.4 Å². The fraction of sp³-hybridized carbons (Fsp3) is 0.323. The van der Waals surface area contributed by atoms with Gasteiger partial charge in [-0.25, -0.2) is 4.79 Å². The first-order valence-corrected chi connectivity index (χ1v) is 12.5. The van der Waals surface area contributed by atoms with E-state index < -0.39 is 35.6 Å². The van der Waals surface area contributed by atoms with Crippen molar-refractivity contribution in [2.24, 2.45) is 5.92 Å². The molecule has 3 amide bonds. The van der Waals surface area contributed by atoms with Crippen molar-refractivity contribution in [3.8, 4) is 12.5 Å². The van der Waals surface area contributed by atoms with Gasteiger partial charge in [0.25, 0.3) is 11.8 Å². The quantitative estimate of drug-likeness (QED) is 0.309. The first-order chi connectivity index (χ1) is 17.9. The molecule has 7 nitrogen and oxygen atoms in total. The van der Waals surface area contributed by atoms with Crippen molar-refractivity contribution in [2.75, 3.05) is 5.32 Å². The topological polar surface area (TPSA) is 87.7 Å². The van der Waals surface area contributed by atoms with Gasteiger partial charge in [-0.1, -0.05) is 80.4 Å². The van der Waals surface area contributed by atoms with Crippen LogP contribution in [-0.4, -0.2) is 34.5 Å². The molecule has 0 bridgehead atoms. The van der Waals surface area contributed by atoms with E-state index in [1.165, 1.54) is 0 Å². The minimum Gasteiger partial charge on any atom is -0.444 e. The molecule has 0 saturated carbocycles. The van der Waals surface area contributed by atoms with E-state index in [4.69, 9.17) is 11.2 Å². The predicted octanol–water partition coefficient (Wildman–Crippen LogP) is 5.80. The maximum Gasteiger partial charge on any atom is 0.408 e. The van der Waals surface area contributed by atoms with E-state index in [0.717, 1.165) is 21.2 Å². The van der Waals surface area contributed by atoms with Crippen LogP contribution in [0.15, 0.2) is 66.7 Å². The number of hydrogen-bond acceptors (Lipinski definition) is 4. The van der Waals surface area contributed by atoms with Crippen LogP contribution in [0.3, 0.4) is 0 Å². The third-order valence-electron chi connectivity index (χ3n) is 5.86. The number of nitrogens with zero attached hydrogens (tertiary/aromatic N) is 1. The van der Waals surface area contributed by atoms with E-state index >= 15 is 0 Å². The average molecular weight is 514 g/mol. The fourth-order valence-corrected chi connectivity index (χ4v) is 4.10. The lowest BCUT2D eigenvalue weighted by Gasteiger charge is -2.32. The summed E-state index contributed by atoms with van der Waals surface area (Å²) in [6.07, 6.45) is 5.12. The van der Waals surface area contributed by atoms with Gasteiger partial charge in [-0.15, -0.1) is 0 Å². The van der Waals surface area contributed by atoms with Gasteiger partial charge in [0.2, 0.25) is 0 Å². The van der Waals surface area contributed by atoms with Gasteiger partial charge >= 0.3 is 6.09 Å². The molecule has 0 spiro atoms. The predicted molar refractivity (Wildman–Crippen MR) is 150 cm³/mol. The molecule has 2 N–H and O–H groups in total. The van der Waals surface area contributed by atoms with Crippen molar-refractivity contribution in [2.45, 2.75) is 59.2 Å². The summed E-state index contributed by atoms with van der Waals surface area (Å²) in [6.45, 7) is 10.7. The molecule has 2 atom stereocenters. The molecular formula is C31H35N3O4. The zero-order valence-corrected chi connectivity index (χ0v) is 22.7. The molecule has 0 aromatic heterocycles. The lowest BCUT2D eigenvalue weighted by Crippen LogP contribution is -2.53. The summed E-state index contributed by atoms with van der Waals surface area (Å²) >= 11 is 0. The molecule has 0 saturated heterocycles. The standard InChI is InChI=1S/C31H35N3O4/c1-8-34(29(36)26(20(2)3)33-30(37)38-31(5,6)7)27(24-15-11-12-21(4)18-24)28(35)32-25-17-16-22-13-9-10-14-23(22)19-25/h1,9-20,26-27H,2-7H3,(H,32,35)(H,33,37). The largest absolute Gasteiger partial charge is 0.444 e. The van der Waals surface area contributed by atoms with Crippen LogP contribution in [0.4, 0.5) is 10.5 Å². The Labute approximate surface area is 224 Å². The molecular weight excluding hydrogens is 478 g/mol. The highest BCUT2D eigenvalue weighted by molar-refractivity contribution is 6.01. The third-order valence-corrected chi connectivity index (χ3v) is 5.86. The highest BCUT2D eigenvalue weighted by Crippen LogP contribution is 2.27. The van der Waals surface area contributed by atoms with E-state index in [9.17, 15) is 14.4 Å². The Bertz CT molecular complexity index is 1370. The molecule has 3 aromatic carbocycles. The maximum absolute atomic E-state index is 13.8. The molecule has 0 fully saturated rings. The van der Waals surface area contributed by atoms with Crippen LogP contribution in [-0.2, 0) is 14.3 Å². The van der Waals surface area contributed by atoms with Gasteiger partial charge in [0, 0.05) is 11.7 Å². The number of alkyl carbamates (subject to hydrolysis) is 1. The molecule has 0 radical (unpaired) electrons. The first-order valence-electron chi connectivity index (χ1n) is 12.5. The molecule has 38 heavy (non-hydrogen) atoms. The normalized spacial score (nSPS) is 12.8. The number of hydrogen-bond donors (Lipinski definition) is 2. The number of carbonyl (C=O) groups is 3. The molecule has 2 unspecified atom stereocenters. The van der Waals surface area contributed by atoms with Crippen molar-refractivity contribution >= 4 is 34.4 Å². The van der Waals surface area contributed by atoms with E-state index in [0.29, 0.717) is 11.3 Å². The Hall–Kier alpha value is -4.31. The number of carbonyl (C=O) groups excluding carboxylic acids is 3. The molecule has 3 rings (SSSR count). The number of rotatable bonds is 7. The summed E-state index contributed by atoms with van der Waals surface area (Å²) < 4.78 is 5.35. The van der Waals surface area contributed by atoms with Gasteiger partial charge in [-0.3, -0.25) is 14.5 Å². The number of benzene rings is 3. The van der Waals surface area contributed by atoms with Crippen molar-refractivity contribution in [1.82, 2.24) is 10.2 Å². The number of anilines is 1. The van der Waals surface area contributed by atoms with E-state index in [1.807, 2.05) is 55.5 Å². The van der Waals surface area contributed by atoms with Crippen LogP contribution in [0, 0.1) is 25.3 Å². The van der Waals surface area contributed by atoms with Crippen molar-refractivity contribution < 1.29 is 19.1 Å². The molecule has 3 aromatic rings. The Balaban J connectivity index is 1.97. The highest BCUT2D eigenvalue weighted by Gasteiger charge is 2.37. The number of nitrogens with one attached hydrogen (secondary N) is 2. The van der Waals surface area contributed by atoms with Crippen molar-refractivity contribution in [1.29, 1.82) is 0 Å². The van der Waals surface area contributed by atoms with Crippen LogP contribution in [0.1, 0.15) is 51.8 Å². The van der Waals surface area contributed by atoms with Crippen LogP contribution < -0.4 is 10.6 Å². The molecule has 0 aliphatic rings. The number of aryl methyl sites for hydroxylation is 1. The summed E-state index contributed by atoms with van der Waals surface area (Å²) in [4.78, 5) is 41.1. The van der Waals surface area contributed by atoms with Crippen molar-refractivity contribution in [3.05, 3.63) is 77.9 Å². The Morgan fingerprint density at radius 1 is 0.947 bits per heavy atom. The van der Waals surface area contributed by atoms with Gasteiger partial charge in [-0.05, 0) is 62.1 Å². The Kier molecular flexibility index (Phi) is 8.80. The number of ether oxygens (including phenoxy) is 1. The smallest absolute Gasteiger partial charge is 0.408 e. The van der Waals surface area contributed by atoms with Crippen LogP contribution in [0.2, 0.25) is 0 Å². The van der Waals surface area contributed by atoms with Crippen LogP contribution >= 0.6 is 0 Å². The second-order valence-electron chi connectivity index (χ2n) is 10.6. The maximum atomic E-state index is 13.8. The second-order valence-corrected chi connectivity index (χ2v) is 10.6. The number of fused-ring (bicyclic) bond motifs is 1. The summed E-state index contributed by atoms with van der Waals surface area (Å²) in [5, 5.41) is 7.55. The van der Waals surface area contributed by atoms with Gasteiger partial charge in [0.1, 0.15) is 17.7 Å². The van der Waals surface area contributed by atoms with E-state index in [1.54, 1.807) is 52.8 Å². The highest BCUT2D eigenvalue weighted by atomic mass is 16.6. The first kappa shape index (κ1) is 28.3. The van der Waals surface area contributed by atoms with Gasteiger partial charge in [0.05, 0.1) is 0 Å². The summed E-state index contributed by atoms with van der Waals surface area (Å²) in [5.74, 6) is -1.39. The fourth-order valence-electron chi connectivity index (χ4n) is 4.10. The van der Waals surface area contributed by atoms with E-state index in [2.05, 4.69) is 16.7 Å². The molecule has 7 heteroatoms. The van der Waals surface area contributed by atoms with Gasteiger partial charge in [0.15, 0.2) is 0 Å². The minimum absolute atomic E-state index is 0.326. The zero-order chi connectivity index (χ0) is 28.0. The Morgan fingerprint density at radius 2 is 1.63 bits per heavy atom. The lowest BCUT2D eigenvalue weighted by atomic mass is 9.98. The minimum atomic E-state index is -1.14. The summed E-state index contributed by atoms with van der Waals surface area (Å²) in [6, 6.07) is 20.9. The number of terminal acetylenes is 1. The molecule has 198 valence electrons. The summed E-state index contributed by atoms with van der Waals surface area (Å²) in [5.41, 5.74) is 1.28. The SMILES string of the molecule is C#CN(C(=O)C(NC(=O)OC(C)(C)C)C(C)C)C(C(=O)Nc1ccc2ccccc2c1)c1cccc(C)c1. The summed E-state index contributed by atoms with van der Waals surface area (Å²) in [7, 11) is 0. The van der Waals surface area contributed by atoms with Crippen LogP contribution in [0.5, 0.6) is 0 Å². The van der Waals surface area contributed by atoms with Gasteiger partial charge in [-0.2, -0.15) is 0 Å². The second kappa shape index (κ2) is 11.8. The van der Waals surface area contributed by atoms with Crippen molar-refractivity contribution in [3.63, 3.8) is 0 Å². The zero-order valence-electron chi connectivity index (χ0n) is 22.7. The lowest BCUT2D eigenvalue weighted by molar-refractivity contribution is -0.137. The monoisotopic (exact) mass is 513 g/mol. The average Bonchev–Trinajstić information content (AvgIpc) is 2.84.